The SMILES string of the molecule is CC1CC(C(=O)N[C@@H](CC(=O)N2CCC[C@@H]2c2ccccc2)C(=O)NC(C)C2Nc3ccccc3N2)NO1. The van der Waals surface area contributed by atoms with Gasteiger partial charge in [-0.3, -0.25) is 19.2 Å². The van der Waals surface area contributed by atoms with Crippen molar-refractivity contribution in [3.8, 4) is 0 Å². The first-order chi connectivity index (χ1) is 18.4. The van der Waals surface area contributed by atoms with Gasteiger partial charge in [-0.05, 0) is 44.4 Å². The van der Waals surface area contributed by atoms with Gasteiger partial charge in [-0.15, -0.1) is 0 Å². The largest absolute Gasteiger partial charge is 0.362 e. The van der Waals surface area contributed by atoms with E-state index in [-0.39, 0.29) is 42.6 Å². The van der Waals surface area contributed by atoms with Crippen LogP contribution in [0.15, 0.2) is 54.6 Å². The molecule has 2 saturated heterocycles. The maximum absolute atomic E-state index is 13.5. The van der Waals surface area contributed by atoms with Crippen LogP contribution in [0.4, 0.5) is 11.4 Å². The molecule has 202 valence electrons. The number of carbonyl (C=O) groups is 3. The van der Waals surface area contributed by atoms with Crippen LogP contribution < -0.4 is 26.7 Å². The average molecular weight is 521 g/mol. The zero-order valence-electron chi connectivity index (χ0n) is 21.8. The zero-order chi connectivity index (χ0) is 26.6. The molecule has 0 spiro atoms. The molecule has 0 aliphatic carbocycles. The number of hydroxylamine groups is 1. The Balaban J connectivity index is 1.27. The molecule has 0 saturated carbocycles. The van der Waals surface area contributed by atoms with Crippen molar-refractivity contribution in [2.24, 2.45) is 0 Å². The summed E-state index contributed by atoms with van der Waals surface area (Å²) in [6.45, 7) is 4.38. The highest BCUT2D eigenvalue weighted by Gasteiger charge is 2.36. The van der Waals surface area contributed by atoms with Crippen molar-refractivity contribution in [3.05, 3.63) is 60.2 Å². The zero-order valence-corrected chi connectivity index (χ0v) is 21.8. The molecule has 5 N–H and O–H groups in total. The van der Waals surface area contributed by atoms with Crippen molar-refractivity contribution in [1.29, 1.82) is 0 Å². The number of rotatable bonds is 8. The predicted octanol–water partition coefficient (Wildman–Crippen LogP) is 2.28. The molecule has 0 bridgehead atoms. The molecule has 10 heteroatoms. The topological polar surface area (TPSA) is 124 Å². The van der Waals surface area contributed by atoms with Gasteiger partial charge < -0.3 is 26.2 Å². The van der Waals surface area contributed by atoms with Gasteiger partial charge in [0, 0.05) is 13.0 Å². The number of anilines is 2. The molecule has 5 atom stereocenters. The van der Waals surface area contributed by atoms with E-state index in [0.29, 0.717) is 13.0 Å². The van der Waals surface area contributed by atoms with E-state index in [1.807, 2.05) is 73.3 Å². The lowest BCUT2D eigenvalue weighted by Crippen LogP contribution is -2.56. The normalized spacial score (nSPS) is 24.2. The third-order valence-corrected chi connectivity index (χ3v) is 7.48. The standard InChI is InChI=1S/C28H36N6O4/c1-17-15-23(33-38-17)28(37)32-22(16-25(35)34-14-8-13-24(34)19-9-4-3-5-10-19)27(36)29-18(2)26-30-20-11-6-7-12-21(20)31-26/h3-7,9-12,17-18,22-24,26,30-31,33H,8,13-16H2,1-2H3,(H,29,36)(H,32,37)/t17?,18?,22-,23?,24+/m0/s1. The number of fused-ring (bicyclic) bond motifs is 1. The second-order valence-electron chi connectivity index (χ2n) is 10.4. The molecule has 10 nitrogen and oxygen atoms in total. The summed E-state index contributed by atoms with van der Waals surface area (Å²) >= 11 is 0. The summed E-state index contributed by atoms with van der Waals surface area (Å²) in [7, 11) is 0. The van der Waals surface area contributed by atoms with Crippen molar-refractivity contribution < 1.29 is 19.2 Å². The van der Waals surface area contributed by atoms with E-state index in [4.69, 9.17) is 4.84 Å². The lowest BCUT2D eigenvalue weighted by molar-refractivity contribution is -0.137. The smallest absolute Gasteiger partial charge is 0.243 e. The Kier molecular flexibility index (Phi) is 7.80. The lowest BCUT2D eigenvalue weighted by Gasteiger charge is -2.29. The van der Waals surface area contributed by atoms with Crippen molar-refractivity contribution in [1.82, 2.24) is 21.0 Å². The Hall–Kier alpha value is -3.63. The second-order valence-corrected chi connectivity index (χ2v) is 10.4. The molecule has 0 radical (unpaired) electrons. The minimum Gasteiger partial charge on any atom is -0.362 e. The molecule has 3 aliphatic rings. The third kappa shape index (κ3) is 5.76. The molecule has 3 unspecified atom stereocenters. The van der Waals surface area contributed by atoms with E-state index < -0.39 is 18.0 Å². The van der Waals surface area contributed by atoms with Crippen LogP contribution in [-0.4, -0.2) is 59.6 Å². The number of para-hydroxylation sites is 2. The number of hydrogen-bond donors (Lipinski definition) is 5. The highest BCUT2D eigenvalue weighted by atomic mass is 16.7. The van der Waals surface area contributed by atoms with Crippen LogP contribution in [0.3, 0.4) is 0 Å². The van der Waals surface area contributed by atoms with Crippen LogP contribution in [0.2, 0.25) is 0 Å². The van der Waals surface area contributed by atoms with Gasteiger partial charge in [-0.2, -0.15) is 5.48 Å². The number of nitrogens with zero attached hydrogens (tertiary/aromatic N) is 1. The van der Waals surface area contributed by atoms with Crippen LogP contribution in [0.1, 0.15) is 51.1 Å². The molecule has 2 fully saturated rings. The Morgan fingerprint density at radius 2 is 1.71 bits per heavy atom. The third-order valence-electron chi connectivity index (χ3n) is 7.48. The predicted molar refractivity (Wildman–Crippen MR) is 144 cm³/mol. The van der Waals surface area contributed by atoms with Crippen LogP contribution in [0.25, 0.3) is 0 Å². The molecule has 2 aromatic rings. The maximum atomic E-state index is 13.5. The summed E-state index contributed by atoms with van der Waals surface area (Å²) < 4.78 is 0. The number of benzene rings is 2. The van der Waals surface area contributed by atoms with Crippen LogP contribution >= 0.6 is 0 Å². The summed E-state index contributed by atoms with van der Waals surface area (Å²) in [6.07, 6.45) is 1.79. The fourth-order valence-corrected chi connectivity index (χ4v) is 5.41. The summed E-state index contributed by atoms with van der Waals surface area (Å²) in [6, 6.07) is 15.8. The maximum Gasteiger partial charge on any atom is 0.243 e. The molecule has 5 rings (SSSR count). The van der Waals surface area contributed by atoms with E-state index in [1.54, 1.807) is 0 Å². The summed E-state index contributed by atoms with van der Waals surface area (Å²) in [5, 5.41) is 12.5. The Labute approximate surface area is 222 Å². The minimum atomic E-state index is -1.02. The van der Waals surface area contributed by atoms with Gasteiger partial charge in [0.05, 0.1) is 36.0 Å². The highest BCUT2D eigenvalue weighted by molar-refractivity contribution is 5.93. The summed E-state index contributed by atoms with van der Waals surface area (Å²) in [4.78, 5) is 47.2. The molecule has 38 heavy (non-hydrogen) atoms. The van der Waals surface area contributed by atoms with E-state index in [2.05, 4.69) is 26.7 Å². The van der Waals surface area contributed by atoms with Gasteiger partial charge in [0.2, 0.25) is 17.7 Å². The number of amides is 3. The summed E-state index contributed by atoms with van der Waals surface area (Å²) in [5.74, 6) is -0.917. The Bertz CT molecular complexity index is 1140. The molecule has 3 amide bonds. The summed E-state index contributed by atoms with van der Waals surface area (Å²) in [5.41, 5.74) is 5.72. The number of hydrogen-bond acceptors (Lipinski definition) is 7. The van der Waals surface area contributed by atoms with Crippen LogP contribution in [-0.2, 0) is 19.2 Å². The van der Waals surface area contributed by atoms with E-state index in [1.165, 1.54) is 0 Å². The Morgan fingerprint density at radius 1 is 1.03 bits per heavy atom. The van der Waals surface area contributed by atoms with Crippen molar-refractivity contribution >= 4 is 29.1 Å². The van der Waals surface area contributed by atoms with Gasteiger partial charge in [0.1, 0.15) is 18.2 Å². The van der Waals surface area contributed by atoms with Gasteiger partial charge in [0.25, 0.3) is 0 Å². The molecule has 3 aliphatic heterocycles. The first-order valence-corrected chi connectivity index (χ1v) is 13.4. The van der Waals surface area contributed by atoms with Gasteiger partial charge in [0.15, 0.2) is 0 Å². The first-order valence-electron chi connectivity index (χ1n) is 13.4. The van der Waals surface area contributed by atoms with E-state index >= 15 is 0 Å². The highest BCUT2D eigenvalue weighted by Crippen LogP contribution is 2.32. The van der Waals surface area contributed by atoms with Gasteiger partial charge >= 0.3 is 0 Å². The van der Waals surface area contributed by atoms with E-state index in [9.17, 15) is 14.4 Å². The van der Waals surface area contributed by atoms with Crippen LogP contribution in [0.5, 0.6) is 0 Å². The van der Waals surface area contributed by atoms with Gasteiger partial charge in [-0.25, -0.2) is 0 Å². The fourth-order valence-electron chi connectivity index (χ4n) is 5.41. The fraction of sp³-hybridized carbons (Fsp3) is 0.464. The number of likely N-dealkylation sites (tertiary alicyclic amines) is 1. The monoisotopic (exact) mass is 520 g/mol. The second kappa shape index (κ2) is 11.4. The van der Waals surface area contributed by atoms with E-state index in [0.717, 1.165) is 29.8 Å². The first kappa shape index (κ1) is 26.0. The Morgan fingerprint density at radius 3 is 2.37 bits per heavy atom. The number of nitrogens with one attached hydrogen (secondary N) is 5. The molecular weight excluding hydrogens is 484 g/mol. The van der Waals surface area contributed by atoms with Crippen LogP contribution in [0, 0.1) is 0 Å². The minimum absolute atomic E-state index is 0.0295. The van der Waals surface area contributed by atoms with Gasteiger partial charge in [-0.1, -0.05) is 42.5 Å². The van der Waals surface area contributed by atoms with Crippen molar-refractivity contribution in [2.75, 3.05) is 17.2 Å². The molecule has 3 heterocycles. The molecule has 2 aromatic carbocycles. The molecular formula is C28H36N6O4. The van der Waals surface area contributed by atoms with Crippen molar-refractivity contribution in [2.45, 2.75) is 76.0 Å². The van der Waals surface area contributed by atoms with Crippen molar-refractivity contribution in [3.63, 3.8) is 0 Å². The molecule has 0 aromatic heterocycles. The lowest BCUT2D eigenvalue weighted by atomic mass is 10.0. The average Bonchev–Trinajstić information content (AvgIpc) is 3.68. The quantitative estimate of drug-likeness (QED) is 0.362. The number of carbonyl (C=O) groups excluding carboxylic acids is 3.